The fraction of sp³-hybridized carbons (Fsp3) is 0.684. The molecule has 0 aromatic rings. The molecule has 0 fully saturated rings. The standard InChI is InChI=1S/C19H32O4/c1-3-4-5-6-7-8-9-10-11-12-16-23-19(22)17(2)14-13-15-18(20)21/h13,15H,2-12,14,16H2,1H3,(H,20,21). The molecular weight excluding hydrogens is 292 g/mol. The predicted octanol–water partition coefficient (Wildman–Crippen LogP) is 5.04. The van der Waals surface area contributed by atoms with Gasteiger partial charge in [-0.3, -0.25) is 0 Å². The lowest BCUT2D eigenvalue weighted by molar-refractivity contribution is -0.139. The van der Waals surface area contributed by atoms with E-state index < -0.39 is 11.9 Å². The Labute approximate surface area is 140 Å². The van der Waals surface area contributed by atoms with Gasteiger partial charge in [-0.05, 0) is 12.8 Å². The smallest absolute Gasteiger partial charge is 0.333 e. The Bertz CT molecular complexity index is 372. The van der Waals surface area contributed by atoms with Crippen molar-refractivity contribution in [3.05, 3.63) is 24.3 Å². The minimum atomic E-state index is -1.03. The number of esters is 1. The van der Waals surface area contributed by atoms with Crippen LogP contribution in [0.15, 0.2) is 24.3 Å². The molecule has 0 radical (unpaired) electrons. The molecule has 0 amide bonds. The van der Waals surface area contributed by atoms with E-state index in [4.69, 9.17) is 9.84 Å². The summed E-state index contributed by atoms with van der Waals surface area (Å²) in [6.07, 6.45) is 15.0. The molecule has 0 bridgehead atoms. The summed E-state index contributed by atoms with van der Waals surface area (Å²) in [5.74, 6) is -1.47. The SMILES string of the molecule is C=C(CC=CC(=O)O)C(=O)OCCCCCCCCCCCC. The molecule has 0 aromatic carbocycles. The van der Waals surface area contributed by atoms with Gasteiger partial charge in [-0.1, -0.05) is 77.4 Å². The minimum Gasteiger partial charge on any atom is -0.478 e. The van der Waals surface area contributed by atoms with Crippen molar-refractivity contribution >= 4 is 11.9 Å². The quantitative estimate of drug-likeness (QED) is 0.260. The molecule has 132 valence electrons. The molecular formula is C19H32O4. The van der Waals surface area contributed by atoms with Crippen LogP contribution in [0.25, 0.3) is 0 Å². The van der Waals surface area contributed by atoms with Crippen molar-refractivity contribution < 1.29 is 19.4 Å². The van der Waals surface area contributed by atoms with Crippen LogP contribution in [0.1, 0.15) is 77.6 Å². The largest absolute Gasteiger partial charge is 0.478 e. The molecule has 0 saturated heterocycles. The number of aliphatic carboxylic acids is 1. The maximum atomic E-state index is 11.6. The molecule has 4 heteroatoms. The molecule has 0 rings (SSSR count). The number of ether oxygens (including phenoxy) is 1. The molecule has 0 aliphatic carbocycles. The summed E-state index contributed by atoms with van der Waals surface area (Å²) in [5.41, 5.74) is 0.287. The number of carbonyl (C=O) groups is 2. The number of hydrogen-bond donors (Lipinski definition) is 1. The number of hydrogen-bond acceptors (Lipinski definition) is 3. The molecule has 23 heavy (non-hydrogen) atoms. The molecule has 0 aliphatic heterocycles. The normalized spacial score (nSPS) is 10.8. The summed E-state index contributed by atoms with van der Waals surface area (Å²) in [7, 11) is 0. The predicted molar refractivity (Wildman–Crippen MR) is 93.3 cm³/mol. The Morgan fingerprint density at radius 2 is 1.48 bits per heavy atom. The summed E-state index contributed by atoms with van der Waals surface area (Å²) in [5, 5.41) is 8.45. The van der Waals surface area contributed by atoms with Crippen molar-refractivity contribution in [3.8, 4) is 0 Å². The maximum Gasteiger partial charge on any atom is 0.333 e. The van der Waals surface area contributed by atoms with Crippen molar-refractivity contribution in [1.82, 2.24) is 0 Å². The zero-order valence-electron chi connectivity index (χ0n) is 14.5. The molecule has 0 heterocycles. The van der Waals surface area contributed by atoms with Crippen LogP contribution < -0.4 is 0 Å². The highest BCUT2D eigenvalue weighted by Crippen LogP contribution is 2.11. The highest BCUT2D eigenvalue weighted by molar-refractivity contribution is 5.88. The van der Waals surface area contributed by atoms with Crippen molar-refractivity contribution in [1.29, 1.82) is 0 Å². The van der Waals surface area contributed by atoms with E-state index in [2.05, 4.69) is 13.5 Å². The van der Waals surface area contributed by atoms with E-state index in [1.165, 1.54) is 57.4 Å². The van der Waals surface area contributed by atoms with Crippen molar-refractivity contribution in [2.24, 2.45) is 0 Å². The third-order valence-corrected chi connectivity index (χ3v) is 3.64. The highest BCUT2D eigenvalue weighted by Gasteiger charge is 2.06. The van der Waals surface area contributed by atoms with Gasteiger partial charge in [0.1, 0.15) is 0 Å². The molecule has 1 N–H and O–H groups in total. The highest BCUT2D eigenvalue weighted by atomic mass is 16.5. The van der Waals surface area contributed by atoms with Gasteiger partial charge in [0.25, 0.3) is 0 Å². The fourth-order valence-corrected chi connectivity index (χ4v) is 2.24. The zero-order valence-corrected chi connectivity index (χ0v) is 14.5. The van der Waals surface area contributed by atoms with E-state index in [0.717, 1.165) is 18.9 Å². The monoisotopic (exact) mass is 324 g/mol. The van der Waals surface area contributed by atoms with E-state index in [1.54, 1.807) is 0 Å². The van der Waals surface area contributed by atoms with Crippen LogP contribution in [0.4, 0.5) is 0 Å². The minimum absolute atomic E-state index is 0.211. The first kappa shape index (κ1) is 21.4. The van der Waals surface area contributed by atoms with E-state index >= 15 is 0 Å². The summed E-state index contributed by atoms with van der Waals surface area (Å²) in [6, 6.07) is 0. The summed E-state index contributed by atoms with van der Waals surface area (Å²) < 4.78 is 5.11. The Morgan fingerprint density at radius 1 is 0.957 bits per heavy atom. The van der Waals surface area contributed by atoms with Crippen molar-refractivity contribution in [3.63, 3.8) is 0 Å². The number of carbonyl (C=O) groups excluding carboxylic acids is 1. The number of allylic oxidation sites excluding steroid dienone is 1. The molecule has 0 unspecified atom stereocenters. The van der Waals surface area contributed by atoms with Gasteiger partial charge in [-0.2, -0.15) is 0 Å². The van der Waals surface area contributed by atoms with Gasteiger partial charge < -0.3 is 9.84 Å². The third-order valence-electron chi connectivity index (χ3n) is 3.64. The molecule has 0 saturated carbocycles. The zero-order chi connectivity index (χ0) is 17.3. The number of carboxylic acids is 1. The number of rotatable bonds is 15. The second-order valence-corrected chi connectivity index (χ2v) is 5.87. The average molecular weight is 324 g/mol. The first-order chi connectivity index (χ1) is 11.1. The van der Waals surface area contributed by atoms with E-state index in [-0.39, 0.29) is 12.0 Å². The topological polar surface area (TPSA) is 63.6 Å². The maximum absolute atomic E-state index is 11.6. The van der Waals surface area contributed by atoms with Crippen LogP contribution in [0.3, 0.4) is 0 Å². The van der Waals surface area contributed by atoms with Gasteiger partial charge in [-0.25, -0.2) is 9.59 Å². The lowest BCUT2D eigenvalue weighted by atomic mass is 10.1. The van der Waals surface area contributed by atoms with Crippen LogP contribution in [0, 0.1) is 0 Å². The molecule has 0 aromatic heterocycles. The second-order valence-electron chi connectivity index (χ2n) is 5.87. The lowest BCUT2D eigenvalue weighted by Crippen LogP contribution is -2.08. The van der Waals surface area contributed by atoms with Crippen molar-refractivity contribution in [2.75, 3.05) is 6.61 Å². The number of unbranched alkanes of at least 4 members (excludes halogenated alkanes) is 9. The van der Waals surface area contributed by atoms with E-state index in [9.17, 15) is 9.59 Å². The molecule has 0 aliphatic rings. The van der Waals surface area contributed by atoms with E-state index in [0.29, 0.717) is 6.61 Å². The number of carboxylic acid groups (broad SMARTS) is 1. The second kappa shape index (κ2) is 15.3. The Morgan fingerprint density at radius 3 is 2.00 bits per heavy atom. The summed E-state index contributed by atoms with van der Waals surface area (Å²) in [6.45, 7) is 6.25. The Kier molecular flexibility index (Phi) is 14.3. The average Bonchev–Trinajstić information content (AvgIpc) is 2.51. The molecule has 0 spiro atoms. The van der Waals surface area contributed by atoms with Gasteiger partial charge >= 0.3 is 11.9 Å². The summed E-state index contributed by atoms with van der Waals surface area (Å²) >= 11 is 0. The van der Waals surface area contributed by atoms with Gasteiger partial charge in [0.15, 0.2) is 0 Å². The lowest BCUT2D eigenvalue weighted by Gasteiger charge is -2.06. The first-order valence-corrected chi connectivity index (χ1v) is 8.82. The fourth-order valence-electron chi connectivity index (χ4n) is 2.24. The van der Waals surface area contributed by atoms with Crippen molar-refractivity contribution in [2.45, 2.75) is 77.6 Å². The Hall–Kier alpha value is -1.58. The van der Waals surface area contributed by atoms with Crippen LogP contribution >= 0.6 is 0 Å². The first-order valence-electron chi connectivity index (χ1n) is 8.82. The summed E-state index contributed by atoms with van der Waals surface area (Å²) in [4.78, 5) is 21.9. The van der Waals surface area contributed by atoms with Crippen LogP contribution in [0.2, 0.25) is 0 Å². The van der Waals surface area contributed by atoms with Gasteiger partial charge in [0, 0.05) is 11.6 Å². The Balaban J connectivity index is 3.41. The van der Waals surface area contributed by atoms with Gasteiger partial charge in [0.2, 0.25) is 0 Å². The third kappa shape index (κ3) is 15.1. The van der Waals surface area contributed by atoms with Crippen LogP contribution in [0.5, 0.6) is 0 Å². The van der Waals surface area contributed by atoms with Crippen LogP contribution in [-0.2, 0) is 14.3 Å². The van der Waals surface area contributed by atoms with E-state index in [1.807, 2.05) is 0 Å². The molecule has 0 atom stereocenters. The molecule has 4 nitrogen and oxygen atoms in total. The van der Waals surface area contributed by atoms with Crippen LogP contribution in [-0.4, -0.2) is 23.7 Å². The van der Waals surface area contributed by atoms with Gasteiger partial charge in [-0.15, -0.1) is 0 Å². The van der Waals surface area contributed by atoms with Gasteiger partial charge in [0.05, 0.1) is 6.61 Å².